The number of thioether (sulfide) groups is 1. The molecule has 0 saturated carbocycles. The Morgan fingerprint density at radius 1 is 1.21 bits per heavy atom. The van der Waals surface area contributed by atoms with E-state index in [0.717, 1.165) is 46.8 Å². The van der Waals surface area contributed by atoms with Crippen molar-refractivity contribution in [1.29, 1.82) is 0 Å². The summed E-state index contributed by atoms with van der Waals surface area (Å²) in [5.41, 5.74) is 2.06. The first-order chi connectivity index (χ1) is 11.6. The van der Waals surface area contributed by atoms with Gasteiger partial charge in [0.15, 0.2) is 5.16 Å². The fourth-order valence-corrected chi connectivity index (χ4v) is 4.04. The van der Waals surface area contributed by atoms with Gasteiger partial charge in [0.1, 0.15) is 0 Å². The standard InChI is InChI=1S/C18H22BrN3OS/c1-13(17(23)22-10-4-2-3-5-11-22)24-18-20-12-16(21-18)14-6-8-15(19)9-7-14/h6-9,12-13H,2-5,10-11H2,1H3,(H,20,21). The minimum Gasteiger partial charge on any atom is -0.342 e. The van der Waals surface area contributed by atoms with Crippen LogP contribution in [0.5, 0.6) is 0 Å². The van der Waals surface area contributed by atoms with E-state index in [4.69, 9.17) is 0 Å². The maximum atomic E-state index is 12.6. The quantitative estimate of drug-likeness (QED) is 0.745. The molecule has 6 heteroatoms. The van der Waals surface area contributed by atoms with E-state index in [9.17, 15) is 4.79 Å². The largest absolute Gasteiger partial charge is 0.342 e. The number of aromatic nitrogens is 2. The molecule has 1 fully saturated rings. The minimum atomic E-state index is -0.119. The number of likely N-dealkylation sites (tertiary alicyclic amines) is 1. The number of rotatable bonds is 4. The number of amides is 1. The van der Waals surface area contributed by atoms with E-state index in [2.05, 4.69) is 25.9 Å². The van der Waals surface area contributed by atoms with Crippen molar-refractivity contribution in [3.05, 3.63) is 34.9 Å². The van der Waals surface area contributed by atoms with E-state index >= 15 is 0 Å². The molecule has 2 heterocycles. The van der Waals surface area contributed by atoms with Crippen LogP contribution in [0, 0.1) is 0 Å². The van der Waals surface area contributed by atoms with Crippen molar-refractivity contribution in [1.82, 2.24) is 14.9 Å². The highest BCUT2D eigenvalue weighted by Gasteiger charge is 2.23. The fourth-order valence-electron chi connectivity index (χ4n) is 2.91. The van der Waals surface area contributed by atoms with Gasteiger partial charge in [-0.3, -0.25) is 4.79 Å². The van der Waals surface area contributed by atoms with Crippen molar-refractivity contribution >= 4 is 33.6 Å². The molecule has 4 nitrogen and oxygen atoms in total. The molecule has 1 amide bonds. The molecule has 3 rings (SSSR count). The molecule has 128 valence electrons. The van der Waals surface area contributed by atoms with Gasteiger partial charge >= 0.3 is 0 Å². The first kappa shape index (κ1) is 17.5. The summed E-state index contributed by atoms with van der Waals surface area (Å²) < 4.78 is 1.05. The number of benzene rings is 1. The molecule has 0 aliphatic carbocycles. The Morgan fingerprint density at radius 2 is 1.88 bits per heavy atom. The van der Waals surface area contributed by atoms with Gasteiger partial charge in [0, 0.05) is 17.6 Å². The summed E-state index contributed by atoms with van der Waals surface area (Å²) in [6.45, 7) is 3.76. The van der Waals surface area contributed by atoms with E-state index in [1.807, 2.05) is 42.3 Å². The summed E-state index contributed by atoms with van der Waals surface area (Å²) in [5, 5.41) is 0.676. The lowest BCUT2D eigenvalue weighted by Gasteiger charge is -2.23. The van der Waals surface area contributed by atoms with Crippen LogP contribution in [0.2, 0.25) is 0 Å². The molecule has 1 aromatic heterocycles. The van der Waals surface area contributed by atoms with Crippen LogP contribution in [-0.4, -0.2) is 39.1 Å². The number of aromatic amines is 1. The van der Waals surface area contributed by atoms with Crippen LogP contribution < -0.4 is 0 Å². The highest BCUT2D eigenvalue weighted by molar-refractivity contribution is 9.10. The van der Waals surface area contributed by atoms with Gasteiger partial charge in [-0.15, -0.1) is 0 Å². The summed E-state index contributed by atoms with van der Waals surface area (Å²) >= 11 is 4.95. The highest BCUT2D eigenvalue weighted by Crippen LogP contribution is 2.26. The SMILES string of the molecule is CC(Sc1ncc(-c2ccc(Br)cc2)[nH]1)C(=O)N1CCCCCC1. The molecule has 1 aromatic carbocycles. The van der Waals surface area contributed by atoms with Gasteiger partial charge in [-0.2, -0.15) is 0 Å². The Bertz CT molecular complexity index is 678. The summed E-state index contributed by atoms with van der Waals surface area (Å²) in [4.78, 5) is 22.4. The predicted molar refractivity (Wildman–Crippen MR) is 102 cm³/mol. The van der Waals surface area contributed by atoms with E-state index < -0.39 is 0 Å². The van der Waals surface area contributed by atoms with Crippen molar-refractivity contribution in [2.75, 3.05) is 13.1 Å². The second kappa shape index (κ2) is 8.21. The van der Waals surface area contributed by atoms with Gasteiger partial charge in [-0.1, -0.05) is 52.7 Å². The average Bonchev–Trinajstić information content (AvgIpc) is 2.88. The predicted octanol–water partition coefficient (Wildman–Crippen LogP) is 4.72. The number of carbonyl (C=O) groups is 1. The molecule has 1 unspecified atom stereocenters. The average molecular weight is 408 g/mol. The molecular weight excluding hydrogens is 386 g/mol. The lowest BCUT2D eigenvalue weighted by Crippen LogP contribution is -2.37. The Kier molecular flexibility index (Phi) is 6.00. The van der Waals surface area contributed by atoms with Gasteiger partial charge in [0.2, 0.25) is 5.91 Å². The van der Waals surface area contributed by atoms with E-state index in [-0.39, 0.29) is 11.2 Å². The van der Waals surface area contributed by atoms with E-state index in [1.54, 1.807) is 0 Å². The number of hydrogen-bond donors (Lipinski definition) is 1. The molecule has 0 bridgehead atoms. The third kappa shape index (κ3) is 4.42. The van der Waals surface area contributed by atoms with E-state index in [0.29, 0.717) is 0 Å². The van der Waals surface area contributed by atoms with Crippen molar-refractivity contribution in [3.8, 4) is 11.3 Å². The van der Waals surface area contributed by atoms with Gasteiger partial charge in [-0.25, -0.2) is 4.98 Å². The monoisotopic (exact) mass is 407 g/mol. The Labute approximate surface area is 155 Å². The van der Waals surface area contributed by atoms with Crippen molar-refractivity contribution in [3.63, 3.8) is 0 Å². The number of nitrogens with one attached hydrogen (secondary N) is 1. The number of imidazole rings is 1. The van der Waals surface area contributed by atoms with Crippen molar-refractivity contribution < 1.29 is 4.79 Å². The van der Waals surface area contributed by atoms with Crippen LogP contribution in [0.3, 0.4) is 0 Å². The van der Waals surface area contributed by atoms with Crippen molar-refractivity contribution in [2.45, 2.75) is 43.0 Å². The third-order valence-electron chi connectivity index (χ3n) is 4.26. The zero-order valence-electron chi connectivity index (χ0n) is 13.8. The maximum absolute atomic E-state index is 12.6. The normalized spacial score (nSPS) is 16.7. The van der Waals surface area contributed by atoms with Gasteiger partial charge in [-0.05, 0) is 37.5 Å². The molecule has 1 N–H and O–H groups in total. The lowest BCUT2D eigenvalue weighted by atomic mass is 10.2. The molecule has 1 saturated heterocycles. The highest BCUT2D eigenvalue weighted by atomic mass is 79.9. The fraction of sp³-hybridized carbons (Fsp3) is 0.444. The molecule has 1 aliphatic heterocycles. The maximum Gasteiger partial charge on any atom is 0.235 e. The van der Waals surface area contributed by atoms with Crippen LogP contribution in [-0.2, 0) is 4.79 Å². The second-order valence-electron chi connectivity index (χ2n) is 6.11. The number of hydrogen-bond acceptors (Lipinski definition) is 3. The topological polar surface area (TPSA) is 49.0 Å². The van der Waals surface area contributed by atoms with Crippen LogP contribution in [0.4, 0.5) is 0 Å². The molecule has 2 aromatic rings. The summed E-state index contributed by atoms with van der Waals surface area (Å²) in [6.07, 6.45) is 6.55. The number of halogens is 1. The van der Waals surface area contributed by atoms with Gasteiger partial charge < -0.3 is 9.88 Å². The second-order valence-corrected chi connectivity index (χ2v) is 8.35. The van der Waals surface area contributed by atoms with Crippen LogP contribution in [0.25, 0.3) is 11.3 Å². The van der Waals surface area contributed by atoms with Gasteiger partial charge in [0.05, 0.1) is 17.1 Å². The lowest BCUT2D eigenvalue weighted by molar-refractivity contribution is -0.130. The third-order valence-corrected chi connectivity index (χ3v) is 5.78. The first-order valence-corrected chi connectivity index (χ1v) is 10.1. The number of carbonyl (C=O) groups excluding carboxylic acids is 1. The first-order valence-electron chi connectivity index (χ1n) is 8.40. The smallest absolute Gasteiger partial charge is 0.235 e. The van der Waals surface area contributed by atoms with Crippen LogP contribution >= 0.6 is 27.7 Å². The summed E-state index contributed by atoms with van der Waals surface area (Å²) in [5.74, 6) is 0.225. The minimum absolute atomic E-state index is 0.119. The summed E-state index contributed by atoms with van der Waals surface area (Å²) in [6, 6.07) is 8.10. The molecule has 0 radical (unpaired) electrons. The Morgan fingerprint density at radius 3 is 2.54 bits per heavy atom. The van der Waals surface area contributed by atoms with Gasteiger partial charge in [0.25, 0.3) is 0 Å². The molecule has 1 aliphatic rings. The molecule has 24 heavy (non-hydrogen) atoms. The Hall–Kier alpha value is -1.27. The van der Waals surface area contributed by atoms with Crippen molar-refractivity contribution in [2.24, 2.45) is 0 Å². The molecule has 0 spiro atoms. The zero-order chi connectivity index (χ0) is 16.9. The molecular formula is C18H22BrN3OS. The number of nitrogens with zero attached hydrogens (tertiary/aromatic N) is 2. The Balaban J connectivity index is 1.63. The van der Waals surface area contributed by atoms with E-state index in [1.165, 1.54) is 24.6 Å². The summed E-state index contributed by atoms with van der Waals surface area (Å²) in [7, 11) is 0. The number of H-pyrrole nitrogens is 1. The molecule has 1 atom stereocenters. The van der Waals surface area contributed by atoms with Crippen LogP contribution in [0.15, 0.2) is 40.1 Å². The zero-order valence-corrected chi connectivity index (χ0v) is 16.2. The van der Waals surface area contributed by atoms with Crippen LogP contribution in [0.1, 0.15) is 32.6 Å².